The van der Waals surface area contributed by atoms with Gasteiger partial charge in [-0.2, -0.15) is 0 Å². The van der Waals surface area contributed by atoms with Crippen molar-refractivity contribution >= 4 is 39.9 Å². The van der Waals surface area contributed by atoms with Crippen LogP contribution in [0.25, 0.3) is 10.9 Å². The van der Waals surface area contributed by atoms with E-state index >= 15 is 0 Å². The summed E-state index contributed by atoms with van der Waals surface area (Å²) in [5, 5.41) is 3.73. The zero-order valence-corrected chi connectivity index (χ0v) is 18.0. The number of carbonyl (C=O) groups excluding carboxylic acids is 1. The molecule has 0 aliphatic carbocycles. The van der Waals surface area contributed by atoms with Crippen LogP contribution in [-0.2, 0) is 11.3 Å². The molecule has 1 amide bonds. The number of ether oxygens (including phenoxy) is 1. The first-order valence-electron chi connectivity index (χ1n) is 9.96. The Hall–Kier alpha value is -2.97. The number of methoxy groups -OCH3 is 1. The van der Waals surface area contributed by atoms with Gasteiger partial charge < -0.3 is 15.8 Å². The third-order valence-electron chi connectivity index (χ3n) is 5.75. The SMILES string of the molecule is COc1cc2ncnc(Nc3cccc(Cl)c3F)c2cc1CN1C(C)CC[C@H]1C(N)=O. The van der Waals surface area contributed by atoms with Gasteiger partial charge in [-0.3, -0.25) is 9.69 Å². The highest BCUT2D eigenvalue weighted by Gasteiger charge is 2.34. The second kappa shape index (κ2) is 8.64. The standard InChI is InChI=1S/C22H23ClFN5O2/c1-12-6-7-18(21(25)30)29(12)10-13-8-14-17(9-19(13)31-2)26-11-27-22(14)28-16-5-3-4-15(23)20(16)24/h3-5,8-9,11-12,18H,6-7,10H2,1-2H3,(H2,25,30)(H,26,27,28)/t12?,18-/m0/s1. The summed E-state index contributed by atoms with van der Waals surface area (Å²) in [6.45, 7) is 2.56. The highest BCUT2D eigenvalue weighted by Crippen LogP contribution is 2.34. The predicted octanol–water partition coefficient (Wildman–Crippen LogP) is 4.01. The van der Waals surface area contributed by atoms with Gasteiger partial charge in [-0.25, -0.2) is 14.4 Å². The minimum absolute atomic E-state index is 0.0197. The number of carbonyl (C=O) groups is 1. The van der Waals surface area contributed by atoms with Crippen LogP contribution in [0.5, 0.6) is 5.75 Å². The zero-order chi connectivity index (χ0) is 22.1. The maximum atomic E-state index is 14.4. The van der Waals surface area contributed by atoms with E-state index in [1.54, 1.807) is 19.2 Å². The van der Waals surface area contributed by atoms with Crippen molar-refractivity contribution in [2.24, 2.45) is 5.73 Å². The molecular formula is C22H23ClFN5O2. The Kier molecular flexibility index (Phi) is 5.93. The van der Waals surface area contributed by atoms with E-state index in [0.29, 0.717) is 29.0 Å². The van der Waals surface area contributed by atoms with E-state index in [2.05, 4.69) is 27.1 Å². The topological polar surface area (TPSA) is 93.4 Å². The summed E-state index contributed by atoms with van der Waals surface area (Å²) in [4.78, 5) is 22.6. The van der Waals surface area contributed by atoms with Gasteiger partial charge in [-0.15, -0.1) is 0 Å². The number of nitrogens with one attached hydrogen (secondary N) is 1. The third-order valence-corrected chi connectivity index (χ3v) is 6.04. The molecule has 7 nitrogen and oxygen atoms in total. The number of primary amides is 1. The van der Waals surface area contributed by atoms with Gasteiger partial charge in [0.15, 0.2) is 5.82 Å². The highest BCUT2D eigenvalue weighted by atomic mass is 35.5. The van der Waals surface area contributed by atoms with Crippen LogP contribution in [0.1, 0.15) is 25.3 Å². The molecule has 0 spiro atoms. The van der Waals surface area contributed by atoms with Crippen molar-refractivity contribution in [1.82, 2.24) is 14.9 Å². The van der Waals surface area contributed by atoms with Gasteiger partial charge in [0.1, 0.15) is 17.9 Å². The van der Waals surface area contributed by atoms with Crippen molar-refractivity contribution in [2.45, 2.75) is 38.4 Å². The molecule has 3 N–H and O–H groups in total. The number of benzene rings is 2. The Morgan fingerprint density at radius 3 is 2.90 bits per heavy atom. The number of nitrogens with zero attached hydrogens (tertiary/aromatic N) is 3. The van der Waals surface area contributed by atoms with Crippen molar-refractivity contribution in [3.05, 3.63) is 53.1 Å². The third kappa shape index (κ3) is 4.13. The summed E-state index contributed by atoms with van der Waals surface area (Å²) < 4.78 is 20.0. The van der Waals surface area contributed by atoms with E-state index < -0.39 is 5.82 Å². The molecule has 1 aliphatic rings. The largest absolute Gasteiger partial charge is 0.496 e. The van der Waals surface area contributed by atoms with Gasteiger partial charge in [0.05, 0.1) is 29.4 Å². The Morgan fingerprint density at radius 1 is 1.35 bits per heavy atom. The van der Waals surface area contributed by atoms with Gasteiger partial charge in [0.25, 0.3) is 0 Å². The molecule has 9 heteroatoms. The number of hydrogen-bond acceptors (Lipinski definition) is 6. The van der Waals surface area contributed by atoms with Crippen molar-refractivity contribution < 1.29 is 13.9 Å². The summed E-state index contributed by atoms with van der Waals surface area (Å²) in [5.74, 6) is 0.204. The first kappa shape index (κ1) is 21.3. The number of hydrogen-bond donors (Lipinski definition) is 2. The monoisotopic (exact) mass is 443 g/mol. The normalized spacial score (nSPS) is 19.0. The number of fused-ring (bicyclic) bond motifs is 1. The van der Waals surface area contributed by atoms with Crippen LogP contribution in [0.3, 0.4) is 0 Å². The quantitative estimate of drug-likeness (QED) is 0.597. The van der Waals surface area contributed by atoms with Crippen LogP contribution >= 0.6 is 11.6 Å². The Labute approximate surface area is 184 Å². The number of halogens is 2. The van der Waals surface area contributed by atoms with Crippen molar-refractivity contribution in [3.8, 4) is 5.75 Å². The average Bonchev–Trinajstić information content (AvgIpc) is 3.12. The highest BCUT2D eigenvalue weighted by molar-refractivity contribution is 6.31. The van der Waals surface area contributed by atoms with Gasteiger partial charge in [0, 0.05) is 29.6 Å². The molecule has 0 bridgehead atoms. The summed E-state index contributed by atoms with van der Waals surface area (Å²) in [6.07, 6.45) is 3.03. The molecule has 0 saturated carbocycles. The zero-order valence-electron chi connectivity index (χ0n) is 17.2. The summed E-state index contributed by atoms with van der Waals surface area (Å²) in [5.41, 5.74) is 7.33. The smallest absolute Gasteiger partial charge is 0.234 e. The molecule has 1 aromatic heterocycles. The second-order valence-electron chi connectivity index (χ2n) is 7.65. The molecule has 1 unspecified atom stereocenters. The summed E-state index contributed by atoms with van der Waals surface area (Å²) in [7, 11) is 1.59. The van der Waals surface area contributed by atoms with Crippen LogP contribution in [0, 0.1) is 5.82 Å². The molecule has 1 saturated heterocycles. The van der Waals surface area contributed by atoms with E-state index in [9.17, 15) is 9.18 Å². The molecule has 4 rings (SSSR count). The molecule has 2 heterocycles. The summed E-state index contributed by atoms with van der Waals surface area (Å²) >= 11 is 5.90. The fourth-order valence-electron chi connectivity index (χ4n) is 4.08. The average molecular weight is 444 g/mol. The lowest BCUT2D eigenvalue weighted by molar-refractivity contribution is -0.122. The molecule has 2 atom stereocenters. The number of anilines is 2. The fourth-order valence-corrected chi connectivity index (χ4v) is 4.25. The molecule has 0 radical (unpaired) electrons. The fraction of sp³-hybridized carbons (Fsp3) is 0.318. The number of rotatable bonds is 6. The van der Waals surface area contributed by atoms with E-state index in [-0.39, 0.29) is 28.7 Å². The number of aromatic nitrogens is 2. The van der Waals surface area contributed by atoms with Gasteiger partial charge in [-0.05, 0) is 38.0 Å². The lowest BCUT2D eigenvalue weighted by Gasteiger charge is -2.27. The molecular weight excluding hydrogens is 421 g/mol. The first-order chi connectivity index (χ1) is 14.9. The maximum Gasteiger partial charge on any atom is 0.234 e. The molecule has 1 fully saturated rings. The lowest BCUT2D eigenvalue weighted by Crippen LogP contribution is -2.42. The Bertz CT molecular complexity index is 1140. The van der Waals surface area contributed by atoms with Crippen LogP contribution < -0.4 is 15.8 Å². The van der Waals surface area contributed by atoms with Gasteiger partial charge in [-0.1, -0.05) is 17.7 Å². The molecule has 3 aromatic rings. The minimum atomic E-state index is -0.556. The Morgan fingerprint density at radius 2 is 2.16 bits per heavy atom. The van der Waals surface area contributed by atoms with Crippen LogP contribution in [0.4, 0.5) is 15.9 Å². The lowest BCUT2D eigenvalue weighted by atomic mass is 10.1. The number of likely N-dealkylation sites (tertiary alicyclic amines) is 1. The minimum Gasteiger partial charge on any atom is -0.496 e. The van der Waals surface area contributed by atoms with E-state index in [1.807, 2.05) is 12.1 Å². The van der Waals surface area contributed by atoms with Crippen molar-refractivity contribution in [2.75, 3.05) is 12.4 Å². The molecule has 162 valence electrons. The van der Waals surface area contributed by atoms with E-state index in [4.69, 9.17) is 22.1 Å². The van der Waals surface area contributed by atoms with Gasteiger partial charge in [0.2, 0.25) is 5.91 Å². The van der Waals surface area contributed by atoms with Crippen molar-refractivity contribution in [3.63, 3.8) is 0 Å². The van der Waals surface area contributed by atoms with Crippen molar-refractivity contribution in [1.29, 1.82) is 0 Å². The molecule has 2 aromatic carbocycles. The van der Waals surface area contributed by atoms with Crippen LogP contribution in [0.15, 0.2) is 36.7 Å². The Balaban J connectivity index is 1.75. The van der Waals surface area contributed by atoms with E-state index in [1.165, 1.54) is 12.4 Å². The van der Waals surface area contributed by atoms with E-state index in [0.717, 1.165) is 18.4 Å². The summed E-state index contributed by atoms with van der Waals surface area (Å²) in [6, 6.07) is 8.33. The maximum absolute atomic E-state index is 14.4. The van der Waals surface area contributed by atoms with Gasteiger partial charge >= 0.3 is 0 Å². The number of amides is 1. The van der Waals surface area contributed by atoms with Crippen LogP contribution in [0.2, 0.25) is 5.02 Å². The first-order valence-corrected chi connectivity index (χ1v) is 10.3. The second-order valence-corrected chi connectivity index (χ2v) is 8.05. The molecule has 1 aliphatic heterocycles. The molecule has 31 heavy (non-hydrogen) atoms. The predicted molar refractivity (Wildman–Crippen MR) is 118 cm³/mol. The van der Waals surface area contributed by atoms with Crippen LogP contribution in [-0.4, -0.2) is 40.0 Å². The number of nitrogens with two attached hydrogens (primary N) is 1.